The Bertz CT molecular complexity index is 920. The van der Waals surface area contributed by atoms with Crippen LogP contribution in [0.3, 0.4) is 0 Å². The van der Waals surface area contributed by atoms with Crippen molar-refractivity contribution < 1.29 is 14.3 Å². The maximum absolute atomic E-state index is 12.3. The molecule has 0 fully saturated rings. The summed E-state index contributed by atoms with van der Waals surface area (Å²) in [5.41, 5.74) is 2.42. The number of nitrogens with one attached hydrogen (secondary N) is 1. The Kier molecular flexibility index (Phi) is 5.69. The van der Waals surface area contributed by atoms with E-state index in [1.165, 1.54) is 4.68 Å². The Labute approximate surface area is 157 Å². The van der Waals surface area contributed by atoms with Crippen LogP contribution in [0.4, 0.5) is 5.69 Å². The number of hydrogen-bond acceptors (Lipinski definition) is 5. The summed E-state index contributed by atoms with van der Waals surface area (Å²) in [5, 5.41) is 7.06. The second kappa shape index (κ2) is 8.16. The maximum Gasteiger partial charge on any atom is 0.338 e. The molecule has 1 unspecified atom stereocenters. The van der Waals surface area contributed by atoms with Crippen LogP contribution in [0.15, 0.2) is 35.1 Å². The number of hydrogen-bond donors (Lipinski definition) is 1. The van der Waals surface area contributed by atoms with Crippen molar-refractivity contribution in [3.05, 3.63) is 57.5 Å². The van der Waals surface area contributed by atoms with Gasteiger partial charge in [-0.25, -0.2) is 9.48 Å². The largest absolute Gasteiger partial charge is 0.462 e. The molecule has 1 amide bonds. The lowest BCUT2D eigenvalue weighted by atomic mass is 9.88. The van der Waals surface area contributed by atoms with Crippen molar-refractivity contribution in [1.82, 2.24) is 9.78 Å². The SMILES string of the molecule is CCOC(=O)c1cccc(NC(=O)Cn2nc3c(cc2=O)CC(C)CC3)c1. The topological polar surface area (TPSA) is 90.3 Å². The van der Waals surface area contributed by atoms with Crippen LogP contribution >= 0.6 is 0 Å². The molecule has 0 aliphatic heterocycles. The van der Waals surface area contributed by atoms with Crippen LogP contribution < -0.4 is 10.9 Å². The first kappa shape index (κ1) is 18.8. The molecule has 1 atom stereocenters. The number of rotatable bonds is 5. The molecule has 1 aliphatic rings. The number of anilines is 1. The third-order valence-electron chi connectivity index (χ3n) is 4.56. The summed E-state index contributed by atoms with van der Waals surface area (Å²) < 4.78 is 6.15. The van der Waals surface area contributed by atoms with E-state index in [0.29, 0.717) is 17.2 Å². The van der Waals surface area contributed by atoms with Crippen molar-refractivity contribution in [3.63, 3.8) is 0 Å². The molecular formula is C20H23N3O4. The summed E-state index contributed by atoms with van der Waals surface area (Å²) in [5.74, 6) is -0.283. The Morgan fingerprint density at radius 2 is 2.15 bits per heavy atom. The Morgan fingerprint density at radius 3 is 2.93 bits per heavy atom. The van der Waals surface area contributed by atoms with Crippen molar-refractivity contribution >= 4 is 17.6 Å². The van der Waals surface area contributed by atoms with Gasteiger partial charge in [-0.15, -0.1) is 0 Å². The zero-order valence-corrected chi connectivity index (χ0v) is 15.5. The van der Waals surface area contributed by atoms with Gasteiger partial charge in [0.05, 0.1) is 17.9 Å². The molecule has 3 rings (SSSR count). The lowest BCUT2D eigenvalue weighted by Crippen LogP contribution is -2.32. The summed E-state index contributed by atoms with van der Waals surface area (Å²) in [6.45, 7) is 3.99. The van der Waals surface area contributed by atoms with Crippen LogP contribution in [0.25, 0.3) is 0 Å². The average Bonchev–Trinajstić information content (AvgIpc) is 2.63. The fourth-order valence-corrected chi connectivity index (χ4v) is 3.20. The van der Waals surface area contributed by atoms with Crippen LogP contribution in [-0.2, 0) is 28.9 Å². The molecule has 1 aromatic carbocycles. The average molecular weight is 369 g/mol. The minimum Gasteiger partial charge on any atom is -0.462 e. The number of carbonyl (C=O) groups excluding carboxylic acids is 2. The fourth-order valence-electron chi connectivity index (χ4n) is 3.20. The first-order chi connectivity index (χ1) is 13.0. The number of benzene rings is 1. The zero-order chi connectivity index (χ0) is 19.4. The molecule has 7 heteroatoms. The highest BCUT2D eigenvalue weighted by Crippen LogP contribution is 2.22. The molecule has 0 saturated carbocycles. The number of aromatic nitrogens is 2. The van der Waals surface area contributed by atoms with E-state index in [9.17, 15) is 14.4 Å². The van der Waals surface area contributed by atoms with Gasteiger partial charge in [-0.05, 0) is 55.9 Å². The molecule has 1 N–H and O–H groups in total. The van der Waals surface area contributed by atoms with Gasteiger partial charge >= 0.3 is 5.97 Å². The molecule has 1 aromatic heterocycles. The molecular weight excluding hydrogens is 346 g/mol. The smallest absolute Gasteiger partial charge is 0.338 e. The van der Waals surface area contributed by atoms with E-state index in [1.807, 2.05) is 0 Å². The summed E-state index contributed by atoms with van der Waals surface area (Å²) >= 11 is 0. The first-order valence-electron chi connectivity index (χ1n) is 9.13. The van der Waals surface area contributed by atoms with E-state index in [1.54, 1.807) is 37.3 Å². The summed E-state index contributed by atoms with van der Waals surface area (Å²) in [7, 11) is 0. The van der Waals surface area contributed by atoms with Gasteiger partial charge < -0.3 is 10.1 Å². The van der Waals surface area contributed by atoms with E-state index in [4.69, 9.17) is 4.74 Å². The highest BCUT2D eigenvalue weighted by molar-refractivity contribution is 5.94. The normalized spacial score (nSPS) is 15.7. The van der Waals surface area contributed by atoms with Crippen LogP contribution in [-0.4, -0.2) is 28.3 Å². The standard InChI is InChI=1S/C20H23N3O4/c1-3-27-20(26)14-5-4-6-16(10-14)21-18(24)12-23-19(25)11-15-9-13(2)7-8-17(15)22-23/h4-6,10-11,13H,3,7-9,12H2,1-2H3,(H,21,24). The third-order valence-corrected chi connectivity index (χ3v) is 4.56. The van der Waals surface area contributed by atoms with Gasteiger partial charge in [0.2, 0.25) is 5.91 Å². The van der Waals surface area contributed by atoms with E-state index >= 15 is 0 Å². The number of ether oxygens (including phenoxy) is 1. The molecule has 0 spiro atoms. The van der Waals surface area contributed by atoms with E-state index in [2.05, 4.69) is 17.3 Å². The van der Waals surface area contributed by atoms with Gasteiger partial charge in [0.1, 0.15) is 6.54 Å². The monoisotopic (exact) mass is 369 g/mol. The lowest BCUT2D eigenvalue weighted by Gasteiger charge is -2.20. The van der Waals surface area contributed by atoms with Gasteiger partial charge in [0, 0.05) is 11.8 Å². The van der Waals surface area contributed by atoms with Gasteiger partial charge in [-0.2, -0.15) is 5.10 Å². The molecule has 0 saturated heterocycles. The quantitative estimate of drug-likeness (QED) is 0.816. The number of esters is 1. The number of carbonyl (C=O) groups is 2. The van der Waals surface area contributed by atoms with E-state index in [0.717, 1.165) is 30.5 Å². The van der Waals surface area contributed by atoms with E-state index in [-0.39, 0.29) is 24.6 Å². The Balaban J connectivity index is 1.71. The molecule has 0 radical (unpaired) electrons. The second-order valence-electron chi connectivity index (χ2n) is 6.81. The highest BCUT2D eigenvalue weighted by atomic mass is 16.5. The zero-order valence-electron chi connectivity index (χ0n) is 15.5. The maximum atomic E-state index is 12.3. The minimum absolute atomic E-state index is 0.175. The number of nitrogens with zero attached hydrogens (tertiary/aromatic N) is 2. The molecule has 27 heavy (non-hydrogen) atoms. The highest BCUT2D eigenvalue weighted by Gasteiger charge is 2.19. The van der Waals surface area contributed by atoms with Crippen molar-refractivity contribution in [2.75, 3.05) is 11.9 Å². The van der Waals surface area contributed by atoms with Crippen LogP contribution in [0, 0.1) is 5.92 Å². The Hall–Kier alpha value is -2.96. The number of aryl methyl sites for hydroxylation is 1. The number of fused-ring (bicyclic) bond motifs is 1. The lowest BCUT2D eigenvalue weighted by molar-refractivity contribution is -0.117. The van der Waals surface area contributed by atoms with Crippen LogP contribution in [0.2, 0.25) is 0 Å². The Morgan fingerprint density at radius 1 is 1.33 bits per heavy atom. The molecule has 1 heterocycles. The van der Waals surface area contributed by atoms with Gasteiger partial charge in [0.15, 0.2) is 0 Å². The van der Waals surface area contributed by atoms with Gasteiger partial charge in [0.25, 0.3) is 5.56 Å². The van der Waals surface area contributed by atoms with Crippen molar-refractivity contribution in [2.24, 2.45) is 5.92 Å². The fraction of sp³-hybridized carbons (Fsp3) is 0.400. The predicted octanol–water partition coefficient (Wildman–Crippen LogP) is 2.18. The minimum atomic E-state index is -0.449. The van der Waals surface area contributed by atoms with Crippen molar-refractivity contribution in [2.45, 2.75) is 39.7 Å². The molecule has 142 valence electrons. The van der Waals surface area contributed by atoms with E-state index < -0.39 is 5.97 Å². The van der Waals surface area contributed by atoms with Crippen LogP contribution in [0.1, 0.15) is 41.9 Å². The molecule has 2 aromatic rings. The summed E-state index contributed by atoms with van der Waals surface area (Å²) in [4.78, 5) is 36.4. The summed E-state index contributed by atoms with van der Waals surface area (Å²) in [6.07, 6.45) is 2.70. The molecule has 7 nitrogen and oxygen atoms in total. The first-order valence-corrected chi connectivity index (χ1v) is 9.13. The van der Waals surface area contributed by atoms with Crippen molar-refractivity contribution in [3.8, 4) is 0 Å². The predicted molar refractivity (Wildman–Crippen MR) is 101 cm³/mol. The number of amides is 1. The molecule has 0 bridgehead atoms. The third kappa shape index (κ3) is 4.61. The summed E-state index contributed by atoms with van der Waals surface area (Å²) in [6, 6.07) is 8.08. The molecule has 1 aliphatic carbocycles. The van der Waals surface area contributed by atoms with Crippen molar-refractivity contribution in [1.29, 1.82) is 0 Å². The van der Waals surface area contributed by atoms with Gasteiger partial charge in [-0.3, -0.25) is 9.59 Å². The second-order valence-corrected chi connectivity index (χ2v) is 6.81. The van der Waals surface area contributed by atoms with Crippen LogP contribution in [0.5, 0.6) is 0 Å². The van der Waals surface area contributed by atoms with Gasteiger partial charge in [-0.1, -0.05) is 13.0 Å².